The summed E-state index contributed by atoms with van der Waals surface area (Å²) in [6.45, 7) is 1.93. The summed E-state index contributed by atoms with van der Waals surface area (Å²) in [5, 5.41) is 12.4. The van der Waals surface area contributed by atoms with Crippen LogP contribution < -0.4 is 5.32 Å². The van der Waals surface area contributed by atoms with E-state index in [0.717, 1.165) is 27.8 Å². The number of ether oxygens (including phenoxy) is 1. The maximum Gasteiger partial charge on any atom is 0.408 e. The minimum absolute atomic E-state index is 0.0970. The summed E-state index contributed by atoms with van der Waals surface area (Å²) in [6.07, 6.45) is -0.791. The molecule has 2 N–H and O–H groups in total. The van der Waals surface area contributed by atoms with Gasteiger partial charge in [0.15, 0.2) is 6.04 Å². The molecular formula is C24H20ClNO4. The number of hydrogen-bond donors (Lipinski definition) is 2. The number of aliphatic carboxylic acids is 1. The number of rotatable bonds is 5. The zero-order valence-corrected chi connectivity index (χ0v) is 17.0. The van der Waals surface area contributed by atoms with Crippen molar-refractivity contribution < 1.29 is 19.4 Å². The van der Waals surface area contributed by atoms with Gasteiger partial charge < -0.3 is 15.2 Å². The molecule has 0 radical (unpaired) electrons. The molecule has 0 saturated carbocycles. The third kappa shape index (κ3) is 3.76. The van der Waals surface area contributed by atoms with E-state index < -0.39 is 18.1 Å². The van der Waals surface area contributed by atoms with Crippen molar-refractivity contribution in [3.63, 3.8) is 0 Å². The molecule has 0 bridgehead atoms. The van der Waals surface area contributed by atoms with Crippen LogP contribution in [0.15, 0.2) is 66.7 Å². The molecule has 0 heterocycles. The van der Waals surface area contributed by atoms with E-state index >= 15 is 0 Å². The number of halogens is 1. The number of carboxylic acids is 1. The van der Waals surface area contributed by atoms with Gasteiger partial charge in [0.05, 0.1) is 0 Å². The quantitative estimate of drug-likeness (QED) is 0.585. The topological polar surface area (TPSA) is 75.6 Å². The van der Waals surface area contributed by atoms with E-state index in [9.17, 15) is 14.7 Å². The van der Waals surface area contributed by atoms with Gasteiger partial charge in [-0.2, -0.15) is 0 Å². The van der Waals surface area contributed by atoms with Crippen molar-refractivity contribution in [3.8, 4) is 11.1 Å². The lowest BCUT2D eigenvalue weighted by atomic mass is 9.98. The summed E-state index contributed by atoms with van der Waals surface area (Å²) in [7, 11) is 0. The summed E-state index contributed by atoms with van der Waals surface area (Å²) in [5.74, 6) is -1.29. The first-order chi connectivity index (χ1) is 14.5. The number of hydrogen-bond acceptors (Lipinski definition) is 3. The first-order valence-electron chi connectivity index (χ1n) is 9.56. The van der Waals surface area contributed by atoms with Crippen LogP contribution in [0.25, 0.3) is 11.1 Å². The number of nitrogens with one attached hydrogen (secondary N) is 1. The molecule has 3 aromatic rings. The highest BCUT2D eigenvalue weighted by Crippen LogP contribution is 2.44. The Morgan fingerprint density at radius 1 is 1.03 bits per heavy atom. The van der Waals surface area contributed by atoms with Gasteiger partial charge in [-0.05, 0) is 46.4 Å². The van der Waals surface area contributed by atoms with Crippen LogP contribution in [0.4, 0.5) is 4.79 Å². The number of benzene rings is 3. The van der Waals surface area contributed by atoms with Crippen molar-refractivity contribution in [2.75, 3.05) is 6.61 Å². The zero-order valence-electron chi connectivity index (χ0n) is 16.3. The number of aryl methyl sites for hydroxylation is 1. The van der Waals surface area contributed by atoms with Gasteiger partial charge in [0.1, 0.15) is 6.61 Å². The Labute approximate surface area is 179 Å². The van der Waals surface area contributed by atoms with Crippen LogP contribution in [0, 0.1) is 6.92 Å². The van der Waals surface area contributed by atoms with Gasteiger partial charge in [-0.25, -0.2) is 9.59 Å². The first kappa shape index (κ1) is 20.0. The Kier molecular flexibility index (Phi) is 5.46. The molecule has 4 rings (SSSR count). The second kappa shape index (κ2) is 8.20. The molecule has 1 aliphatic carbocycles. The lowest BCUT2D eigenvalue weighted by Gasteiger charge is -2.18. The number of amides is 1. The molecule has 0 aliphatic heterocycles. The van der Waals surface area contributed by atoms with Crippen molar-refractivity contribution in [1.82, 2.24) is 5.32 Å². The maximum atomic E-state index is 12.4. The average molecular weight is 422 g/mol. The first-order valence-corrected chi connectivity index (χ1v) is 9.94. The Morgan fingerprint density at radius 2 is 1.63 bits per heavy atom. The molecule has 0 saturated heterocycles. The molecular weight excluding hydrogens is 402 g/mol. The second-order valence-corrected chi connectivity index (χ2v) is 7.66. The highest BCUT2D eigenvalue weighted by molar-refractivity contribution is 6.31. The SMILES string of the molecule is Cc1ccc(C(NC(=O)OCC2c3ccccc3-c3ccccc32)C(=O)O)cc1Cl. The molecule has 1 atom stereocenters. The number of carbonyl (C=O) groups is 2. The third-order valence-corrected chi connectivity index (χ3v) is 5.79. The predicted octanol–water partition coefficient (Wildman–Crippen LogP) is 5.31. The Balaban J connectivity index is 1.49. The highest BCUT2D eigenvalue weighted by Gasteiger charge is 2.30. The molecule has 1 aliphatic rings. The summed E-state index contributed by atoms with van der Waals surface area (Å²) in [4.78, 5) is 24.1. The van der Waals surface area contributed by atoms with Gasteiger partial charge in [0.25, 0.3) is 0 Å². The van der Waals surface area contributed by atoms with Gasteiger partial charge in [-0.3, -0.25) is 0 Å². The summed E-state index contributed by atoms with van der Waals surface area (Å²) in [6, 6.07) is 19.7. The van der Waals surface area contributed by atoms with E-state index in [1.807, 2.05) is 43.3 Å². The van der Waals surface area contributed by atoms with E-state index in [4.69, 9.17) is 16.3 Å². The van der Waals surface area contributed by atoms with Crippen molar-refractivity contribution in [2.24, 2.45) is 0 Å². The monoisotopic (exact) mass is 421 g/mol. The average Bonchev–Trinajstić information content (AvgIpc) is 3.06. The van der Waals surface area contributed by atoms with Crippen LogP contribution in [0.5, 0.6) is 0 Å². The molecule has 1 unspecified atom stereocenters. The molecule has 1 amide bonds. The van der Waals surface area contributed by atoms with Gasteiger partial charge in [0, 0.05) is 10.9 Å². The summed E-state index contributed by atoms with van der Waals surface area (Å²) < 4.78 is 5.45. The molecule has 0 fully saturated rings. The van der Waals surface area contributed by atoms with E-state index in [0.29, 0.717) is 10.6 Å². The van der Waals surface area contributed by atoms with Crippen LogP contribution in [-0.2, 0) is 9.53 Å². The second-order valence-electron chi connectivity index (χ2n) is 7.25. The fourth-order valence-corrected chi connectivity index (χ4v) is 4.02. The number of carbonyl (C=O) groups excluding carboxylic acids is 1. The van der Waals surface area contributed by atoms with Crippen LogP contribution >= 0.6 is 11.6 Å². The molecule has 3 aromatic carbocycles. The summed E-state index contributed by atoms with van der Waals surface area (Å²) >= 11 is 6.11. The fourth-order valence-electron chi connectivity index (χ4n) is 3.83. The Bertz CT molecular complexity index is 1080. The molecule has 0 aromatic heterocycles. The van der Waals surface area contributed by atoms with Gasteiger partial charge in [0.2, 0.25) is 0 Å². The van der Waals surface area contributed by atoms with Crippen molar-refractivity contribution in [2.45, 2.75) is 18.9 Å². The predicted molar refractivity (Wildman–Crippen MR) is 115 cm³/mol. The fraction of sp³-hybridized carbons (Fsp3) is 0.167. The van der Waals surface area contributed by atoms with Crippen LogP contribution in [-0.4, -0.2) is 23.8 Å². The normalized spacial score (nSPS) is 13.3. The largest absolute Gasteiger partial charge is 0.479 e. The number of alkyl carbamates (subject to hydrolysis) is 1. The lowest BCUT2D eigenvalue weighted by molar-refractivity contribution is -0.139. The minimum atomic E-state index is -1.25. The molecule has 152 valence electrons. The Morgan fingerprint density at radius 3 is 2.20 bits per heavy atom. The molecule has 5 nitrogen and oxygen atoms in total. The standard InChI is InChI=1S/C24H20ClNO4/c1-14-10-11-15(12-21(14)25)22(23(27)28)26-24(29)30-13-20-18-8-4-2-6-16(18)17-7-3-5-9-19(17)20/h2-12,20,22H,13H2,1H3,(H,26,29)(H,27,28). The van der Waals surface area contributed by atoms with E-state index in [1.54, 1.807) is 18.2 Å². The van der Waals surface area contributed by atoms with E-state index in [-0.39, 0.29) is 12.5 Å². The number of fused-ring (bicyclic) bond motifs is 3. The van der Waals surface area contributed by atoms with E-state index in [2.05, 4.69) is 17.4 Å². The molecule has 30 heavy (non-hydrogen) atoms. The van der Waals surface area contributed by atoms with Crippen LogP contribution in [0.3, 0.4) is 0 Å². The van der Waals surface area contributed by atoms with Crippen LogP contribution in [0.2, 0.25) is 5.02 Å². The van der Waals surface area contributed by atoms with Crippen molar-refractivity contribution in [3.05, 3.63) is 94.0 Å². The van der Waals surface area contributed by atoms with Crippen molar-refractivity contribution in [1.29, 1.82) is 0 Å². The number of carboxylic acid groups (broad SMARTS) is 1. The minimum Gasteiger partial charge on any atom is -0.479 e. The van der Waals surface area contributed by atoms with E-state index in [1.165, 1.54) is 0 Å². The third-order valence-electron chi connectivity index (χ3n) is 5.38. The maximum absolute atomic E-state index is 12.4. The highest BCUT2D eigenvalue weighted by atomic mass is 35.5. The van der Waals surface area contributed by atoms with Crippen molar-refractivity contribution >= 4 is 23.7 Å². The van der Waals surface area contributed by atoms with Gasteiger partial charge in [-0.15, -0.1) is 0 Å². The van der Waals surface area contributed by atoms with Gasteiger partial charge in [-0.1, -0.05) is 72.3 Å². The molecule has 0 spiro atoms. The smallest absolute Gasteiger partial charge is 0.408 e. The summed E-state index contributed by atoms with van der Waals surface area (Å²) in [5.41, 5.74) is 5.63. The zero-order chi connectivity index (χ0) is 21.3. The lowest BCUT2D eigenvalue weighted by Crippen LogP contribution is -2.34. The Hall–Kier alpha value is -3.31. The van der Waals surface area contributed by atoms with Crippen LogP contribution in [0.1, 0.15) is 34.2 Å². The van der Waals surface area contributed by atoms with Gasteiger partial charge >= 0.3 is 12.1 Å². The molecule has 6 heteroatoms.